The average Bonchev–Trinajstić information content (AvgIpc) is 2.67. The van der Waals surface area contributed by atoms with E-state index in [2.05, 4.69) is 15.2 Å². The lowest BCUT2D eigenvalue weighted by atomic mass is 10.2. The minimum absolute atomic E-state index is 0.212. The van der Waals surface area contributed by atoms with Crippen molar-refractivity contribution in [1.29, 1.82) is 0 Å². The molecule has 2 rings (SSSR count). The number of halogens is 2. The van der Waals surface area contributed by atoms with Crippen LogP contribution in [-0.2, 0) is 6.42 Å². The van der Waals surface area contributed by atoms with Crippen LogP contribution < -0.4 is 5.73 Å². The van der Waals surface area contributed by atoms with Gasteiger partial charge in [0.2, 0.25) is 0 Å². The minimum atomic E-state index is -0.439. The number of hydrogen-bond acceptors (Lipinski definition) is 3. The van der Waals surface area contributed by atoms with E-state index in [-0.39, 0.29) is 11.4 Å². The Hall–Kier alpha value is -1.46. The van der Waals surface area contributed by atoms with E-state index in [4.69, 9.17) is 17.3 Å². The number of benzene rings is 1. The normalized spacial score (nSPS) is 10.7. The lowest BCUT2D eigenvalue weighted by Crippen LogP contribution is -2.03. The molecule has 0 aliphatic rings. The van der Waals surface area contributed by atoms with E-state index in [1.807, 2.05) is 0 Å². The van der Waals surface area contributed by atoms with E-state index in [1.54, 1.807) is 6.07 Å². The summed E-state index contributed by atoms with van der Waals surface area (Å²) in [6, 6.07) is 4.45. The number of nitrogens with zero attached hydrogens (tertiary/aromatic N) is 2. The highest BCUT2D eigenvalue weighted by atomic mass is 35.5. The molecular weight excluding hydrogens is 231 g/mol. The zero-order chi connectivity index (χ0) is 11.5. The molecule has 0 aliphatic carbocycles. The van der Waals surface area contributed by atoms with E-state index in [0.717, 1.165) is 0 Å². The van der Waals surface area contributed by atoms with E-state index in [9.17, 15) is 4.39 Å². The van der Waals surface area contributed by atoms with Crippen molar-refractivity contribution >= 4 is 11.6 Å². The van der Waals surface area contributed by atoms with E-state index >= 15 is 0 Å². The second kappa shape index (κ2) is 4.59. The summed E-state index contributed by atoms with van der Waals surface area (Å²) >= 11 is 5.89. The van der Waals surface area contributed by atoms with Gasteiger partial charge < -0.3 is 5.73 Å². The SMILES string of the molecule is NCCc1nc(-c2c(F)cccc2Cl)n[nH]1. The molecule has 0 radical (unpaired) electrons. The van der Waals surface area contributed by atoms with Crippen LogP contribution in [0.5, 0.6) is 0 Å². The number of rotatable bonds is 3. The van der Waals surface area contributed by atoms with E-state index in [1.165, 1.54) is 12.1 Å². The van der Waals surface area contributed by atoms with Crippen LogP contribution in [0.1, 0.15) is 5.82 Å². The Kier molecular flexibility index (Phi) is 3.17. The maximum Gasteiger partial charge on any atom is 0.185 e. The van der Waals surface area contributed by atoms with Gasteiger partial charge >= 0.3 is 0 Å². The predicted octanol–water partition coefficient (Wildman–Crippen LogP) is 1.77. The zero-order valence-electron chi connectivity index (χ0n) is 8.37. The van der Waals surface area contributed by atoms with Crippen LogP contribution in [0.25, 0.3) is 11.4 Å². The van der Waals surface area contributed by atoms with E-state index in [0.29, 0.717) is 23.8 Å². The van der Waals surface area contributed by atoms with Crippen molar-refractivity contribution in [2.75, 3.05) is 6.54 Å². The Bertz CT molecular complexity index is 477. The summed E-state index contributed by atoms with van der Waals surface area (Å²) in [6.07, 6.45) is 0.569. The standard InChI is InChI=1S/C10H10ClFN4/c11-6-2-1-3-7(12)9(6)10-14-8(4-5-13)15-16-10/h1-3H,4-5,13H2,(H,14,15,16). The maximum atomic E-state index is 13.5. The van der Waals surface area contributed by atoms with Crippen molar-refractivity contribution in [3.63, 3.8) is 0 Å². The molecule has 1 heterocycles. The number of nitrogens with two attached hydrogens (primary N) is 1. The van der Waals surface area contributed by atoms with Crippen LogP contribution in [-0.4, -0.2) is 21.7 Å². The molecule has 0 saturated carbocycles. The number of aromatic amines is 1. The van der Waals surface area contributed by atoms with Crippen LogP contribution in [0.3, 0.4) is 0 Å². The molecule has 6 heteroatoms. The summed E-state index contributed by atoms with van der Waals surface area (Å²) in [5.41, 5.74) is 5.59. The molecule has 0 atom stereocenters. The van der Waals surface area contributed by atoms with Crippen LogP contribution in [0, 0.1) is 5.82 Å². The number of aromatic nitrogens is 3. The summed E-state index contributed by atoms with van der Waals surface area (Å²) in [5, 5.41) is 6.89. The van der Waals surface area contributed by atoms with Crippen molar-refractivity contribution in [2.24, 2.45) is 5.73 Å². The molecule has 2 aromatic rings. The van der Waals surface area contributed by atoms with Gasteiger partial charge in [0.05, 0.1) is 10.6 Å². The fraction of sp³-hybridized carbons (Fsp3) is 0.200. The highest BCUT2D eigenvalue weighted by molar-refractivity contribution is 6.33. The molecule has 0 spiro atoms. The molecule has 16 heavy (non-hydrogen) atoms. The van der Waals surface area contributed by atoms with Crippen molar-refractivity contribution < 1.29 is 4.39 Å². The minimum Gasteiger partial charge on any atom is -0.330 e. The highest BCUT2D eigenvalue weighted by Gasteiger charge is 2.14. The fourth-order valence-corrected chi connectivity index (χ4v) is 1.61. The topological polar surface area (TPSA) is 67.6 Å². The second-order valence-electron chi connectivity index (χ2n) is 3.24. The lowest BCUT2D eigenvalue weighted by Gasteiger charge is -1.99. The Labute approximate surface area is 96.6 Å². The first-order valence-corrected chi connectivity index (χ1v) is 5.16. The van der Waals surface area contributed by atoms with Crippen LogP contribution >= 0.6 is 11.6 Å². The molecule has 0 aliphatic heterocycles. The van der Waals surface area contributed by atoms with Gasteiger partial charge in [-0.25, -0.2) is 9.37 Å². The van der Waals surface area contributed by atoms with Crippen molar-refractivity contribution in [3.8, 4) is 11.4 Å². The Morgan fingerprint density at radius 2 is 2.25 bits per heavy atom. The van der Waals surface area contributed by atoms with Gasteiger partial charge in [0.15, 0.2) is 5.82 Å². The molecule has 0 fully saturated rings. The van der Waals surface area contributed by atoms with Gasteiger partial charge in [0, 0.05) is 6.42 Å². The smallest absolute Gasteiger partial charge is 0.185 e. The molecule has 0 unspecified atom stereocenters. The first kappa shape index (κ1) is 11.0. The molecule has 0 bridgehead atoms. The summed E-state index contributed by atoms with van der Waals surface area (Å²) in [5.74, 6) is 0.439. The van der Waals surface area contributed by atoms with Crippen LogP contribution in [0.4, 0.5) is 4.39 Å². The first-order chi connectivity index (χ1) is 7.72. The summed E-state index contributed by atoms with van der Waals surface area (Å²) < 4.78 is 13.5. The van der Waals surface area contributed by atoms with Crippen LogP contribution in [0.15, 0.2) is 18.2 Å². The fourth-order valence-electron chi connectivity index (χ4n) is 1.37. The maximum absolute atomic E-state index is 13.5. The van der Waals surface area contributed by atoms with Crippen molar-refractivity contribution in [3.05, 3.63) is 34.9 Å². The molecular formula is C10H10ClFN4. The van der Waals surface area contributed by atoms with Crippen molar-refractivity contribution in [1.82, 2.24) is 15.2 Å². The second-order valence-corrected chi connectivity index (χ2v) is 3.65. The third-order valence-corrected chi connectivity index (χ3v) is 2.41. The zero-order valence-corrected chi connectivity index (χ0v) is 9.13. The highest BCUT2D eigenvalue weighted by Crippen LogP contribution is 2.27. The summed E-state index contributed by atoms with van der Waals surface area (Å²) in [4.78, 5) is 4.12. The molecule has 0 amide bonds. The molecule has 84 valence electrons. The number of nitrogens with one attached hydrogen (secondary N) is 1. The summed E-state index contributed by atoms with van der Waals surface area (Å²) in [7, 11) is 0. The predicted molar refractivity (Wildman–Crippen MR) is 59.5 cm³/mol. The van der Waals surface area contributed by atoms with Gasteiger partial charge in [0.1, 0.15) is 11.6 Å². The van der Waals surface area contributed by atoms with E-state index < -0.39 is 5.82 Å². The molecule has 1 aromatic carbocycles. The third kappa shape index (κ3) is 2.05. The largest absolute Gasteiger partial charge is 0.330 e. The van der Waals surface area contributed by atoms with Gasteiger partial charge in [-0.1, -0.05) is 17.7 Å². The Morgan fingerprint density at radius 3 is 2.94 bits per heavy atom. The average molecular weight is 241 g/mol. The quantitative estimate of drug-likeness (QED) is 0.859. The van der Waals surface area contributed by atoms with Gasteiger partial charge in [-0.3, -0.25) is 5.10 Å². The first-order valence-electron chi connectivity index (χ1n) is 4.78. The molecule has 3 N–H and O–H groups in total. The van der Waals surface area contributed by atoms with Gasteiger partial charge in [-0.05, 0) is 18.7 Å². The molecule has 4 nitrogen and oxygen atoms in total. The number of H-pyrrole nitrogens is 1. The van der Waals surface area contributed by atoms with Gasteiger partial charge in [0.25, 0.3) is 0 Å². The summed E-state index contributed by atoms with van der Waals surface area (Å²) in [6.45, 7) is 0.458. The number of hydrogen-bond donors (Lipinski definition) is 2. The van der Waals surface area contributed by atoms with Gasteiger partial charge in [-0.2, -0.15) is 5.10 Å². The third-order valence-electron chi connectivity index (χ3n) is 2.10. The van der Waals surface area contributed by atoms with Crippen molar-refractivity contribution in [2.45, 2.75) is 6.42 Å². The Morgan fingerprint density at radius 1 is 1.44 bits per heavy atom. The van der Waals surface area contributed by atoms with Crippen LogP contribution in [0.2, 0.25) is 5.02 Å². The molecule has 0 saturated heterocycles. The Balaban J connectivity index is 2.42. The monoisotopic (exact) mass is 240 g/mol. The molecule has 1 aromatic heterocycles. The lowest BCUT2D eigenvalue weighted by molar-refractivity contribution is 0.630. The van der Waals surface area contributed by atoms with Gasteiger partial charge in [-0.15, -0.1) is 0 Å².